The van der Waals surface area contributed by atoms with Gasteiger partial charge in [-0.05, 0) is 25.3 Å². The average molecular weight is 227 g/mol. The van der Waals surface area contributed by atoms with E-state index in [4.69, 9.17) is 16.3 Å². The van der Waals surface area contributed by atoms with Crippen molar-refractivity contribution >= 4 is 17.6 Å². The van der Waals surface area contributed by atoms with E-state index >= 15 is 0 Å². The maximum Gasteiger partial charge on any atom is 0.323 e. The van der Waals surface area contributed by atoms with E-state index in [1.165, 1.54) is 5.56 Å². The molecule has 0 saturated heterocycles. The summed E-state index contributed by atoms with van der Waals surface area (Å²) >= 11 is 5.55. The van der Waals surface area contributed by atoms with Gasteiger partial charge in [-0.2, -0.15) is 0 Å². The van der Waals surface area contributed by atoms with Crippen molar-refractivity contribution < 1.29 is 9.53 Å². The highest BCUT2D eigenvalue weighted by Gasteiger charge is 2.09. The zero-order valence-electron chi connectivity index (χ0n) is 8.78. The molecule has 0 radical (unpaired) electrons. The third-order valence-electron chi connectivity index (χ3n) is 2.02. The summed E-state index contributed by atoms with van der Waals surface area (Å²) < 4.78 is 4.95. The van der Waals surface area contributed by atoms with Gasteiger partial charge in [-0.25, -0.2) is 0 Å². The average Bonchev–Trinajstić information content (AvgIpc) is 2.25. The third kappa shape index (κ3) is 4.84. The summed E-state index contributed by atoms with van der Waals surface area (Å²) in [6.07, 6.45) is 1.75. The lowest BCUT2D eigenvalue weighted by molar-refractivity contribution is -0.142. The number of esters is 1. The van der Waals surface area contributed by atoms with Gasteiger partial charge in [0.25, 0.3) is 0 Å². The van der Waals surface area contributed by atoms with Crippen LogP contribution in [0.25, 0.3) is 0 Å². The molecule has 0 heterocycles. The van der Waals surface area contributed by atoms with Crippen LogP contribution in [0.5, 0.6) is 0 Å². The first-order valence-electron chi connectivity index (χ1n) is 5.05. The minimum Gasteiger partial charge on any atom is -0.465 e. The number of rotatable bonds is 5. The molecule has 0 spiro atoms. The monoisotopic (exact) mass is 226 g/mol. The molecule has 1 aromatic rings. The zero-order chi connectivity index (χ0) is 11.1. The molecule has 1 aromatic carbocycles. The van der Waals surface area contributed by atoms with E-state index in [9.17, 15) is 4.79 Å². The molecule has 0 aliphatic heterocycles. The van der Waals surface area contributed by atoms with Gasteiger partial charge in [-0.1, -0.05) is 30.3 Å². The van der Waals surface area contributed by atoms with Crippen LogP contribution in [0.2, 0.25) is 0 Å². The molecule has 0 aliphatic carbocycles. The fourth-order valence-electron chi connectivity index (χ4n) is 1.21. The summed E-state index contributed by atoms with van der Waals surface area (Å²) in [6, 6.07) is 10.1. The smallest absolute Gasteiger partial charge is 0.323 e. The van der Waals surface area contributed by atoms with Crippen LogP contribution in [0.3, 0.4) is 0 Å². The van der Waals surface area contributed by atoms with Crippen molar-refractivity contribution in [3.05, 3.63) is 35.9 Å². The molecule has 0 N–H and O–H groups in total. The van der Waals surface area contributed by atoms with Crippen LogP contribution in [0.4, 0.5) is 0 Å². The molecule has 0 amide bonds. The topological polar surface area (TPSA) is 26.3 Å². The maximum atomic E-state index is 11.0. The number of hydrogen-bond acceptors (Lipinski definition) is 2. The summed E-state index contributed by atoms with van der Waals surface area (Å²) in [5, 5.41) is -0.554. The van der Waals surface area contributed by atoms with E-state index in [0.717, 1.165) is 12.8 Å². The number of hydrogen-bond donors (Lipinski definition) is 0. The van der Waals surface area contributed by atoms with Crippen LogP contribution in [0, 0.1) is 0 Å². The second-order valence-corrected chi connectivity index (χ2v) is 4.03. The molecular formula is C12H15ClO2. The van der Waals surface area contributed by atoms with E-state index in [2.05, 4.69) is 12.1 Å². The Balaban J connectivity index is 2.15. The minimum absolute atomic E-state index is 0.343. The predicted molar refractivity (Wildman–Crippen MR) is 61.0 cm³/mol. The Bertz CT molecular complexity index is 296. The number of carbonyl (C=O) groups excluding carboxylic acids is 1. The summed E-state index contributed by atoms with van der Waals surface area (Å²) in [7, 11) is 0. The van der Waals surface area contributed by atoms with Crippen LogP contribution >= 0.6 is 11.6 Å². The van der Waals surface area contributed by atoms with Crippen LogP contribution in [0.1, 0.15) is 18.9 Å². The summed E-state index contributed by atoms with van der Waals surface area (Å²) in [5.74, 6) is -0.343. The van der Waals surface area contributed by atoms with Gasteiger partial charge in [0.15, 0.2) is 0 Å². The molecule has 1 rings (SSSR count). The fourth-order valence-corrected chi connectivity index (χ4v) is 1.27. The maximum absolute atomic E-state index is 11.0. The molecule has 0 aliphatic rings. The Labute approximate surface area is 95.2 Å². The lowest BCUT2D eigenvalue weighted by Crippen LogP contribution is -2.15. The normalized spacial score (nSPS) is 12.1. The summed E-state index contributed by atoms with van der Waals surface area (Å²) in [6.45, 7) is 2.05. The molecule has 1 unspecified atom stereocenters. The van der Waals surface area contributed by atoms with Gasteiger partial charge in [0.1, 0.15) is 5.38 Å². The number of aryl methyl sites for hydroxylation is 1. The zero-order valence-corrected chi connectivity index (χ0v) is 9.54. The number of alkyl halides is 1. The van der Waals surface area contributed by atoms with Crippen LogP contribution < -0.4 is 0 Å². The molecule has 15 heavy (non-hydrogen) atoms. The van der Waals surface area contributed by atoms with E-state index < -0.39 is 5.38 Å². The quantitative estimate of drug-likeness (QED) is 0.439. The van der Waals surface area contributed by atoms with Crippen molar-refractivity contribution in [3.63, 3.8) is 0 Å². The van der Waals surface area contributed by atoms with Crippen molar-refractivity contribution in [2.24, 2.45) is 0 Å². The molecule has 2 nitrogen and oxygen atoms in total. The van der Waals surface area contributed by atoms with E-state index in [1.807, 2.05) is 18.2 Å². The first kappa shape index (κ1) is 12.1. The number of carbonyl (C=O) groups is 1. The lowest BCUT2D eigenvalue weighted by atomic mass is 10.1. The highest BCUT2D eigenvalue weighted by Crippen LogP contribution is 2.03. The first-order chi connectivity index (χ1) is 7.20. The molecule has 3 heteroatoms. The fraction of sp³-hybridized carbons (Fsp3) is 0.417. The lowest BCUT2D eigenvalue weighted by Gasteiger charge is -2.05. The van der Waals surface area contributed by atoms with E-state index in [-0.39, 0.29) is 5.97 Å². The van der Waals surface area contributed by atoms with Crippen LogP contribution in [0.15, 0.2) is 30.3 Å². The van der Waals surface area contributed by atoms with Crippen molar-refractivity contribution in [3.8, 4) is 0 Å². The van der Waals surface area contributed by atoms with Gasteiger partial charge in [0.05, 0.1) is 6.61 Å². The van der Waals surface area contributed by atoms with Gasteiger partial charge >= 0.3 is 5.97 Å². The summed E-state index contributed by atoms with van der Waals surface area (Å²) in [5.41, 5.74) is 1.26. The standard InChI is InChI=1S/C12H15ClO2/c1-10(13)12(14)15-9-5-8-11-6-3-2-4-7-11/h2-4,6-7,10H,5,8-9H2,1H3. The summed E-state index contributed by atoms with van der Waals surface area (Å²) in [4.78, 5) is 11.0. The Hall–Kier alpha value is -1.02. The molecule has 0 bridgehead atoms. The SMILES string of the molecule is CC(Cl)C(=O)OCCCc1ccccc1. The van der Waals surface area contributed by atoms with Crippen molar-refractivity contribution in [2.45, 2.75) is 25.1 Å². The van der Waals surface area contributed by atoms with Gasteiger partial charge in [0.2, 0.25) is 0 Å². The Morgan fingerprint density at radius 2 is 2.07 bits per heavy atom. The van der Waals surface area contributed by atoms with Gasteiger partial charge in [-0.3, -0.25) is 4.79 Å². The number of benzene rings is 1. The largest absolute Gasteiger partial charge is 0.465 e. The Morgan fingerprint density at radius 3 is 2.67 bits per heavy atom. The van der Waals surface area contributed by atoms with Crippen molar-refractivity contribution in [1.29, 1.82) is 0 Å². The number of ether oxygens (including phenoxy) is 1. The Kier molecular flexibility index (Phi) is 5.19. The van der Waals surface area contributed by atoms with E-state index in [0.29, 0.717) is 6.61 Å². The number of halogens is 1. The molecule has 0 aromatic heterocycles. The second-order valence-electron chi connectivity index (χ2n) is 3.37. The third-order valence-corrected chi connectivity index (χ3v) is 2.20. The first-order valence-corrected chi connectivity index (χ1v) is 5.48. The molecular weight excluding hydrogens is 212 g/mol. The Morgan fingerprint density at radius 1 is 1.40 bits per heavy atom. The van der Waals surface area contributed by atoms with Gasteiger partial charge in [-0.15, -0.1) is 11.6 Å². The molecule has 82 valence electrons. The van der Waals surface area contributed by atoms with Crippen LogP contribution in [-0.4, -0.2) is 18.0 Å². The second kappa shape index (κ2) is 6.46. The van der Waals surface area contributed by atoms with Crippen LogP contribution in [-0.2, 0) is 16.0 Å². The molecule has 0 fully saturated rings. The van der Waals surface area contributed by atoms with Gasteiger partial charge in [0, 0.05) is 0 Å². The van der Waals surface area contributed by atoms with Gasteiger partial charge < -0.3 is 4.74 Å². The molecule has 0 saturated carbocycles. The highest BCUT2D eigenvalue weighted by molar-refractivity contribution is 6.29. The highest BCUT2D eigenvalue weighted by atomic mass is 35.5. The minimum atomic E-state index is -0.554. The van der Waals surface area contributed by atoms with Crippen molar-refractivity contribution in [1.82, 2.24) is 0 Å². The van der Waals surface area contributed by atoms with Crippen molar-refractivity contribution in [2.75, 3.05) is 6.61 Å². The van der Waals surface area contributed by atoms with E-state index in [1.54, 1.807) is 6.92 Å². The molecule has 1 atom stereocenters. The predicted octanol–water partition coefficient (Wildman–Crippen LogP) is 2.79.